The van der Waals surface area contributed by atoms with E-state index >= 15 is 0 Å². The minimum Gasteiger partial charge on any atom is -0.488 e. The van der Waals surface area contributed by atoms with Gasteiger partial charge in [-0.25, -0.2) is 0 Å². The van der Waals surface area contributed by atoms with Gasteiger partial charge in [-0.1, -0.05) is 26.7 Å². The van der Waals surface area contributed by atoms with Crippen LogP contribution in [0.15, 0.2) is 11.5 Å². The van der Waals surface area contributed by atoms with Gasteiger partial charge < -0.3 is 9.47 Å². The summed E-state index contributed by atoms with van der Waals surface area (Å²) in [6.07, 6.45) is 2.54. The molecule has 1 rings (SSSR count). The lowest BCUT2D eigenvalue weighted by molar-refractivity contribution is -0.246. The monoisotopic (exact) mass is 270 g/mol. The molecule has 0 atom stereocenters. The zero-order valence-electron chi connectivity index (χ0n) is 10.6. The normalized spacial score (nSPS) is 20.6. The minimum absolute atomic E-state index is 0.00184. The molecular formula is C12H18F4O2. The number of unbranched alkanes of at least 4 members (excludes halogenated alkanes) is 2. The number of hydrogen-bond acceptors (Lipinski definition) is 2. The average Bonchev–Trinajstić information content (AvgIpc) is 2.31. The fourth-order valence-electron chi connectivity index (χ4n) is 1.46. The predicted octanol–water partition coefficient (Wildman–Crippen LogP) is 4.12. The quantitative estimate of drug-likeness (QED) is 0.488. The molecule has 0 saturated heterocycles. The van der Waals surface area contributed by atoms with Crippen molar-refractivity contribution in [2.24, 2.45) is 0 Å². The zero-order valence-corrected chi connectivity index (χ0v) is 10.6. The Hall–Kier alpha value is -0.940. The summed E-state index contributed by atoms with van der Waals surface area (Å²) in [5.74, 6) is -10.5. The van der Waals surface area contributed by atoms with E-state index in [1.807, 2.05) is 13.8 Å². The Morgan fingerprint density at radius 1 is 0.778 bits per heavy atom. The first-order valence-corrected chi connectivity index (χ1v) is 6.16. The third kappa shape index (κ3) is 2.57. The fraction of sp³-hybridized carbons (Fsp3) is 0.833. The van der Waals surface area contributed by atoms with Crippen molar-refractivity contribution in [2.45, 2.75) is 51.4 Å². The van der Waals surface area contributed by atoms with Crippen molar-refractivity contribution in [3.05, 3.63) is 11.5 Å². The number of halogens is 4. The zero-order chi connectivity index (χ0) is 13.8. The number of ether oxygens (including phenoxy) is 2. The van der Waals surface area contributed by atoms with Crippen molar-refractivity contribution in [2.75, 3.05) is 13.2 Å². The molecule has 0 bridgehead atoms. The van der Waals surface area contributed by atoms with Gasteiger partial charge in [0.2, 0.25) is 11.5 Å². The van der Waals surface area contributed by atoms with Crippen molar-refractivity contribution in [1.29, 1.82) is 0 Å². The highest BCUT2D eigenvalue weighted by Gasteiger charge is 2.75. The van der Waals surface area contributed by atoms with Gasteiger partial charge >= 0.3 is 11.8 Å². The Kier molecular flexibility index (Phi) is 4.87. The van der Waals surface area contributed by atoms with Crippen molar-refractivity contribution < 1.29 is 27.0 Å². The molecule has 0 aromatic heterocycles. The van der Waals surface area contributed by atoms with Crippen LogP contribution in [0.3, 0.4) is 0 Å². The first kappa shape index (κ1) is 15.1. The first-order chi connectivity index (χ1) is 8.39. The summed E-state index contributed by atoms with van der Waals surface area (Å²) < 4.78 is 62.1. The van der Waals surface area contributed by atoms with Crippen LogP contribution < -0.4 is 0 Å². The van der Waals surface area contributed by atoms with Crippen molar-refractivity contribution >= 4 is 0 Å². The van der Waals surface area contributed by atoms with Crippen LogP contribution in [0.25, 0.3) is 0 Å². The van der Waals surface area contributed by atoms with Gasteiger partial charge in [-0.3, -0.25) is 0 Å². The Bertz CT molecular complexity index is 283. The SMILES string of the molecule is CCCCOC1=C(OCCCC)C(F)(F)C1(F)F. The molecule has 0 radical (unpaired) electrons. The maximum atomic E-state index is 13.2. The number of allylic oxidation sites excluding steroid dienone is 2. The molecule has 0 aromatic rings. The van der Waals surface area contributed by atoms with Crippen molar-refractivity contribution in [3.8, 4) is 0 Å². The molecule has 2 nitrogen and oxygen atoms in total. The maximum absolute atomic E-state index is 13.2. The molecule has 106 valence electrons. The predicted molar refractivity (Wildman–Crippen MR) is 58.6 cm³/mol. The molecular weight excluding hydrogens is 252 g/mol. The van der Waals surface area contributed by atoms with Crippen LogP contribution in [-0.2, 0) is 9.47 Å². The molecule has 1 aliphatic carbocycles. The molecule has 0 aliphatic heterocycles. The van der Waals surface area contributed by atoms with E-state index in [9.17, 15) is 17.6 Å². The van der Waals surface area contributed by atoms with Crippen molar-refractivity contribution in [3.63, 3.8) is 0 Å². The fourth-order valence-corrected chi connectivity index (χ4v) is 1.46. The molecule has 1 aliphatic rings. The van der Waals surface area contributed by atoms with Gasteiger partial charge in [-0.15, -0.1) is 0 Å². The van der Waals surface area contributed by atoms with E-state index < -0.39 is 23.4 Å². The van der Waals surface area contributed by atoms with Gasteiger partial charge in [-0.05, 0) is 12.8 Å². The lowest BCUT2D eigenvalue weighted by Gasteiger charge is -2.39. The molecule has 6 heteroatoms. The summed E-state index contributed by atoms with van der Waals surface area (Å²) in [6.45, 7) is 3.70. The number of alkyl halides is 4. The van der Waals surface area contributed by atoms with E-state index in [2.05, 4.69) is 0 Å². The van der Waals surface area contributed by atoms with Crippen molar-refractivity contribution in [1.82, 2.24) is 0 Å². The van der Waals surface area contributed by atoms with Crippen LogP contribution in [0, 0.1) is 0 Å². The summed E-state index contributed by atoms with van der Waals surface area (Å²) in [5.41, 5.74) is 0. The molecule has 0 N–H and O–H groups in total. The van der Waals surface area contributed by atoms with Crippen LogP contribution in [0.1, 0.15) is 39.5 Å². The Balaban J connectivity index is 2.71. The second kappa shape index (κ2) is 5.80. The Labute approximate surface area is 104 Å². The third-order valence-corrected chi connectivity index (χ3v) is 2.66. The molecule has 0 heterocycles. The minimum atomic E-state index is -4.25. The lowest BCUT2D eigenvalue weighted by atomic mass is 9.94. The molecule has 18 heavy (non-hydrogen) atoms. The van der Waals surface area contributed by atoms with Gasteiger partial charge in [0.15, 0.2) is 0 Å². The smallest absolute Gasteiger partial charge is 0.377 e. The second-order valence-electron chi connectivity index (χ2n) is 4.21. The van der Waals surface area contributed by atoms with Gasteiger partial charge in [0, 0.05) is 0 Å². The average molecular weight is 270 g/mol. The van der Waals surface area contributed by atoms with E-state index in [0.29, 0.717) is 12.8 Å². The number of rotatable bonds is 8. The van der Waals surface area contributed by atoms with Crippen LogP contribution in [0.4, 0.5) is 17.6 Å². The topological polar surface area (TPSA) is 18.5 Å². The molecule has 0 unspecified atom stereocenters. The summed E-state index contributed by atoms with van der Waals surface area (Å²) >= 11 is 0. The Morgan fingerprint density at radius 2 is 1.11 bits per heavy atom. The first-order valence-electron chi connectivity index (χ1n) is 6.16. The highest BCUT2D eigenvalue weighted by molar-refractivity contribution is 5.36. The molecule has 0 fully saturated rings. The summed E-state index contributed by atoms with van der Waals surface area (Å²) in [6, 6.07) is 0. The summed E-state index contributed by atoms with van der Waals surface area (Å²) in [7, 11) is 0. The van der Waals surface area contributed by atoms with E-state index in [4.69, 9.17) is 9.47 Å². The van der Waals surface area contributed by atoms with Gasteiger partial charge in [0.25, 0.3) is 0 Å². The second-order valence-corrected chi connectivity index (χ2v) is 4.21. The van der Waals surface area contributed by atoms with Crippen LogP contribution >= 0.6 is 0 Å². The number of hydrogen-bond donors (Lipinski definition) is 0. The highest BCUT2D eigenvalue weighted by Crippen LogP contribution is 2.56. The van der Waals surface area contributed by atoms with Crippen LogP contribution in [0.5, 0.6) is 0 Å². The van der Waals surface area contributed by atoms with E-state index in [0.717, 1.165) is 12.8 Å². The summed E-state index contributed by atoms with van der Waals surface area (Å²) in [5, 5.41) is 0. The highest BCUT2D eigenvalue weighted by atomic mass is 19.3. The van der Waals surface area contributed by atoms with Crippen LogP contribution in [0.2, 0.25) is 0 Å². The molecule has 0 amide bonds. The molecule has 0 spiro atoms. The van der Waals surface area contributed by atoms with Gasteiger partial charge in [0.1, 0.15) is 0 Å². The lowest BCUT2D eigenvalue weighted by Crippen LogP contribution is -2.55. The Morgan fingerprint density at radius 3 is 1.39 bits per heavy atom. The van der Waals surface area contributed by atoms with Crippen LogP contribution in [-0.4, -0.2) is 25.1 Å². The van der Waals surface area contributed by atoms with Gasteiger partial charge in [-0.2, -0.15) is 17.6 Å². The van der Waals surface area contributed by atoms with E-state index in [1.54, 1.807) is 0 Å². The van der Waals surface area contributed by atoms with E-state index in [1.165, 1.54) is 0 Å². The standard InChI is InChI=1S/C12H18F4O2/c1-3-5-7-17-9-10(18-8-6-4-2)12(15,16)11(9,13)14/h3-8H2,1-2H3. The van der Waals surface area contributed by atoms with E-state index in [-0.39, 0.29) is 13.2 Å². The third-order valence-electron chi connectivity index (χ3n) is 2.66. The molecule has 0 aromatic carbocycles. The maximum Gasteiger partial charge on any atom is 0.377 e. The largest absolute Gasteiger partial charge is 0.488 e. The molecule has 0 saturated carbocycles. The summed E-state index contributed by atoms with van der Waals surface area (Å²) in [4.78, 5) is 0. The van der Waals surface area contributed by atoms with Gasteiger partial charge in [0.05, 0.1) is 13.2 Å².